The van der Waals surface area contributed by atoms with Gasteiger partial charge in [-0.1, -0.05) is 0 Å². The fourth-order valence-electron chi connectivity index (χ4n) is 0.564. The summed E-state index contributed by atoms with van der Waals surface area (Å²) in [4.78, 5) is 10.0. The van der Waals surface area contributed by atoms with E-state index in [0.29, 0.717) is 0 Å². The number of carboxylic acids is 1. The maximum atomic E-state index is 10.2. The number of rotatable bonds is 2. The first-order valence-electron chi connectivity index (χ1n) is 2.68. The SMILES string of the molecule is O=C([O-])c1ccc(S(=O)(=O)[O-])o1.[K+].[K+].[NaH].[NaH]. The molecule has 0 N–H and O–H groups in total. The summed E-state index contributed by atoms with van der Waals surface area (Å²) in [6.45, 7) is 0. The molecule has 6 nitrogen and oxygen atoms in total. The molecule has 0 unspecified atom stereocenters. The second-order valence-corrected chi connectivity index (χ2v) is 3.17. The van der Waals surface area contributed by atoms with Gasteiger partial charge in [0.1, 0.15) is 5.97 Å². The van der Waals surface area contributed by atoms with Crippen molar-refractivity contribution in [3.05, 3.63) is 17.9 Å². The monoisotopic (exact) mass is 316 g/mol. The molecule has 0 bridgehead atoms. The Kier molecular flexibility index (Phi) is 22.3. The van der Waals surface area contributed by atoms with Crippen molar-refractivity contribution in [3.63, 3.8) is 0 Å². The summed E-state index contributed by atoms with van der Waals surface area (Å²) in [6, 6.07) is 1.59. The van der Waals surface area contributed by atoms with E-state index in [-0.39, 0.29) is 162 Å². The second kappa shape index (κ2) is 12.7. The van der Waals surface area contributed by atoms with Crippen LogP contribution in [0.4, 0.5) is 0 Å². The Labute approximate surface area is 222 Å². The predicted molar refractivity (Wildman–Crippen MR) is 45.3 cm³/mol. The number of hydrogen-bond donors (Lipinski definition) is 0. The van der Waals surface area contributed by atoms with E-state index in [4.69, 9.17) is 0 Å². The zero-order chi connectivity index (χ0) is 9.35. The van der Waals surface area contributed by atoms with E-state index < -0.39 is 26.9 Å². The fourth-order valence-corrected chi connectivity index (χ4v) is 0.991. The quantitative estimate of drug-likeness (QED) is 0.396. The maximum absolute atomic E-state index is 10.2. The molecule has 0 aromatic carbocycles. The van der Waals surface area contributed by atoms with Crippen LogP contribution in [0.1, 0.15) is 10.6 Å². The molecule has 0 radical (unpaired) electrons. The third-order valence-corrected chi connectivity index (χ3v) is 1.74. The standard InChI is InChI=1S/C5H4O6S.2K.2Na.2H/c6-5(7)3-1-2-4(11-3)12(8,9)10;;;;;;/h1-2H,(H,6,7)(H,8,9,10);;;;;;/q;2*+1;;;;/p-2. The molecule has 11 heteroatoms. The van der Waals surface area contributed by atoms with Gasteiger partial charge in [-0.25, -0.2) is 8.42 Å². The van der Waals surface area contributed by atoms with Crippen molar-refractivity contribution >= 4 is 75.2 Å². The summed E-state index contributed by atoms with van der Waals surface area (Å²) in [5.41, 5.74) is 0. The van der Waals surface area contributed by atoms with Crippen LogP contribution in [0, 0.1) is 0 Å². The first-order chi connectivity index (χ1) is 5.41. The molecule has 0 aliphatic rings. The van der Waals surface area contributed by atoms with Crippen LogP contribution in [0.25, 0.3) is 0 Å². The van der Waals surface area contributed by atoms with E-state index in [1.54, 1.807) is 0 Å². The van der Waals surface area contributed by atoms with Crippen LogP contribution >= 0.6 is 0 Å². The van der Waals surface area contributed by atoms with E-state index in [1.165, 1.54) is 0 Å². The van der Waals surface area contributed by atoms with Gasteiger partial charge >= 0.3 is 162 Å². The van der Waals surface area contributed by atoms with Crippen LogP contribution < -0.4 is 108 Å². The molecule has 0 aliphatic heterocycles. The second-order valence-electron chi connectivity index (χ2n) is 1.86. The molecule has 16 heavy (non-hydrogen) atoms. The first kappa shape index (κ1) is 28.1. The molecule has 0 aliphatic carbocycles. The van der Waals surface area contributed by atoms with Crippen molar-refractivity contribution in [2.24, 2.45) is 0 Å². The van der Waals surface area contributed by atoms with Crippen molar-refractivity contribution in [1.29, 1.82) is 0 Å². The van der Waals surface area contributed by atoms with E-state index in [9.17, 15) is 22.9 Å². The first-order valence-corrected chi connectivity index (χ1v) is 4.09. The minimum absolute atomic E-state index is 0. The van der Waals surface area contributed by atoms with Crippen molar-refractivity contribution < 1.29 is 130 Å². The number of carbonyl (C=O) groups excluding carboxylic acids is 1. The zero-order valence-corrected chi connectivity index (χ0v) is 14.6. The van der Waals surface area contributed by atoms with Crippen LogP contribution in [0.15, 0.2) is 21.6 Å². The fraction of sp³-hybridized carbons (Fsp3) is 0. The van der Waals surface area contributed by atoms with Crippen molar-refractivity contribution in [3.8, 4) is 0 Å². The molecular formula is C5H4K2Na2O6S. The van der Waals surface area contributed by atoms with Gasteiger partial charge < -0.3 is 18.9 Å². The molecule has 1 aromatic heterocycles. The van der Waals surface area contributed by atoms with Gasteiger partial charge in [0.05, 0.1) is 0 Å². The average Bonchev–Trinajstić information content (AvgIpc) is 2.30. The van der Waals surface area contributed by atoms with E-state index in [2.05, 4.69) is 4.42 Å². The van der Waals surface area contributed by atoms with Gasteiger partial charge in [-0.2, -0.15) is 0 Å². The molecule has 70 valence electrons. The molecular weight excluding hydrogens is 312 g/mol. The van der Waals surface area contributed by atoms with Gasteiger partial charge in [-0.05, 0) is 12.1 Å². The molecule has 0 saturated carbocycles. The Morgan fingerprint density at radius 3 is 1.81 bits per heavy atom. The predicted octanol–water partition coefficient (Wildman–Crippen LogP) is -8.74. The summed E-state index contributed by atoms with van der Waals surface area (Å²) >= 11 is 0. The zero-order valence-electron chi connectivity index (χ0n) is 7.51. The Hall–Kier alpha value is 3.93. The van der Waals surface area contributed by atoms with Gasteiger partial charge in [0.2, 0.25) is 5.09 Å². The topological polar surface area (TPSA) is 110 Å². The molecule has 0 saturated heterocycles. The molecule has 1 heterocycles. The summed E-state index contributed by atoms with van der Waals surface area (Å²) in [6.07, 6.45) is 0. The van der Waals surface area contributed by atoms with Crippen molar-refractivity contribution in [2.45, 2.75) is 5.09 Å². The third-order valence-electron chi connectivity index (χ3n) is 1.03. The summed E-state index contributed by atoms with van der Waals surface area (Å²) < 4.78 is 34.8. The van der Waals surface area contributed by atoms with Gasteiger partial charge in [0, 0.05) is 0 Å². The Morgan fingerprint density at radius 1 is 1.19 bits per heavy atom. The molecule has 1 rings (SSSR count). The van der Waals surface area contributed by atoms with Crippen LogP contribution in [-0.4, -0.2) is 78.1 Å². The van der Waals surface area contributed by atoms with Gasteiger partial charge in [-0.15, -0.1) is 0 Å². The van der Waals surface area contributed by atoms with Crippen LogP contribution in [0.2, 0.25) is 0 Å². The van der Waals surface area contributed by atoms with Gasteiger partial charge in [0.15, 0.2) is 15.9 Å². The number of carboxylic acid groups (broad SMARTS) is 1. The van der Waals surface area contributed by atoms with Gasteiger partial charge in [0.25, 0.3) is 0 Å². The van der Waals surface area contributed by atoms with Crippen LogP contribution in [0.5, 0.6) is 0 Å². The molecule has 1 aromatic rings. The van der Waals surface area contributed by atoms with Crippen molar-refractivity contribution in [1.82, 2.24) is 0 Å². The normalized spacial score (nSPS) is 8.56. The van der Waals surface area contributed by atoms with Gasteiger partial charge in [-0.3, -0.25) is 0 Å². The van der Waals surface area contributed by atoms with E-state index in [1.807, 2.05) is 0 Å². The molecule has 0 atom stereocenters. The van der Waals surface area contributed by atoms with E-state index in [0.717, 1.165) is 12.1 Å². The van der Waals surface area contributed by atoms with E-state index >= 15 is 0 Å². The third kappa shape index (κ3) is 9.78. The Balaban J connectivity index is -0.000000180. The average molecular weight is 316 g/mol. The molecule has 0 fully saturated rings. The number of aromatic carboxylic acids is 1. The summed E-state index contributed by atoms with van der Waals surface area (Å²) in [7, 11) is -4.72. The number of carbonyl (C=O) groups is 1. The van der Waals surface area contributed by atoms with Crippen LogP contribution in [0.3, 0.4) is 0 Å². The minimum atomic E-state index is -4.72. The number of furan rings is 1. The number of hydrogen-bond acceptors (Lipinski definition) is 6. The summed E-state index contributed by atoms with van der Waals surface area (Å²) in [5.74, 6) is -2.37. The van der Waals surface area contributed by atoms with Crippen LogP contribution in [-0.2, 0) is 10.1 Å². The molecule has 0 amide bonds. The Morgan fingerprint density at radius 2 is 1.62 bits per heavy atom. The van der Waals surface area contributed by atoms with Crippen molar-refractivity contribution in [2.75, 3.05) is 0 Å². The molecule has 0 spiro atoms. The Bertz CT molecular complexity index is 416. The summed E-state index contributed by atoms with van der Waals surface area (Å²) in [5, 5.41) is 9.11.